The summed E-state index contributed by atoms with van der Waals surface area (Å²) >= 11 is 0. The number of aromatic nitrogens is 4. The Morgan fingerprint density at radius 1 is 1.14 bits per heavy atom. The van der Waals surface area contributed by atoms with Crippen LogP contribution < -0.4 is 0 Å². The van der Waals surface area contributed by atoms with Crippen molar-refractivity contribution >= 4 is 30.6 Å². The van der Waals surface area contributed by atoms with Crippen LogP contribution in [0.15, 0.2) is 41.6 Å². The summed E-state index contributed by atoms with van der Waals surface area (Å²) in [5.74, 6) is 0.377. The lowest BCUT2D eigenvalue weighted by Gasteiger charge is -2.06. The molecule has 0 aliphatic heterocycles. The summed E-state index contributed by atoms with van der Waals surface area (Å²) in [6.45, 7) is 2.16. The van der Waals surface area contributed by atoms with Crippen LogP contribution in [0.4, 0.5) is 0 Å². The third-order valence-electron chi connectivity index (χ3n) is 3.08. The van der Waals surface area contributed by atoms with Gasteiger partial charge in [-0.2, -0.15) is 0 Å². The van der Waals surface area contributed by atoms with E-state index < -0.39 is 9.05 Å². The molecular weight excluding hydrogens is 312 g/mol. The smallest absolute Gasteiger partial charge is 0.296 e. The molecule has 0 aliphatic carbocycles. The van der Waals surface area contributed by atoms with Crippen LogP contribution in [0.1, 0.15) is 6.92 Å². The first-order chi connectivity index (χ1) is 10.0. The number of halogens is 1. The molecule has 8 heteroatoms. The Bertz CT molecular complexity index is 921. The van der Waals surface area contributed by atoms with Crippen molar-refractivity contribution in [3.05, 3.63) is 36.4 Å². The van der Waals surface area contributed by atoms with Gasteiger partial charge in [-0.15, -0.1) is 10.2 Å². The molecule has 3 aromatic rings. The molecule has 1 aromatic carbocycles. The summed E-state index contributed by atoms with van der Waals surface area (Å²) in [6.07, 6.45) is 0. The SMILES string of the molecule is CCn1c(-c2ccc3ccccc3n2)nnc1S(=O)(=O)Cl. The van der Waals surface area contributed by atoms with Gasteiger partial charge in [0.25, 0.3) is 14.2 Å². The van der Waals surface area contributed by atoms with Crippen molar-refractivity contribution in [3.63, 3.8) is 0 Å². The molecule has 0 saturated heterocycles. The van der Waals surface area contributed by atoms with Gasteiger partial charge >= 0.3 is 0 Å². The largest absolute Gasteiger partial charge is 0.296 e. The molecule has 0 radical (unpaired) electrons. The highest BCUT2D eigenvalue weighted by molar-refractivity contribution is 8.13. The van der Waals surface area contributed by atoms with Crippen LogP contribution in [-0.4, -0.2) is 28.2 Å². The van der Waals surface area contributed by atoms with E-state index in [9.17, 15) is 8.42 Å². The zero-order chi connectivity index (χ0) is 15.0. The Morgan fingerprint density at radius 3 is 2.62 bits per heavy atom. The second-order valence-corrected chi connectivity index (χ2v) is 6.84. The third-order valence-corrected chi connectivity index (χ3v) is 4.23. The molecule has 0 N–H and O–H groups in total. The van der Waals surface area contributed by atoms with Gasteiger partial charge in [0.05, 0.1) is 5.52 Å². The zero-order valence-corrected chi connectivity index (χ0v) is 12.6. The lowest BCUT2D eigenvalue weighted by atomic mass is 10.2. The molecule has 0 fully saturated rings. The van der Waals surface area contributed by atoms with E-state index in [1.54, 1.807) is 13.0 Å². The Labute approximate surface area is 125 Å². The normalized spacial score (nSPS) is 11.9. The molecule has 0 bridgehead atoms. The van der Waals surface area contributed by atoms with Gasteiger partial charge in [-0.1, -0.05) is 24.3 Å². The Balaban J connectivity index is 2.21. The Hall–Kier alpha value is -1.99. The van der Waals surface area contributed by atoms with E-state index in [-0.39, 0.29) is 5.16 Å². The molecule has 2 aromatic heterocycles. The Kier molecular flexibility index (Phi) is 3.38. The number of fused-ring (bicyclic) bond motifs is 1. The number of rotatable bonds is 3. The predicted octanol–water partition coefficient (Wildman–Crippen LogP) is 2.44. The lowest BCUT2D eigenvalue weighted by Crippen LogP contribution is -2.06. The minimum Gasteiger partial charge on any atom is -0.296 e. The van der Waals surface area contributed by atoms with Crippen molar-refractivity contribution in [1.82, 2.24) is 19.7 Å². The highest BCUT2D eigenvalue weighted by atomic mass is 35.7. The molecule has 2 heterocycles. The van der Waals surface area contributed by atoms with Gasteiger partial charge in [0, 0.05) is 22.6 Å². The second-order valence-electron chi connectivity index (χ2n) is 4.38. The van der Waals surface area contributed by atoms with Crippen molar-refractivity contribution in [1.29, 1.82) is 0 Å². The molecule has 21 heavy (non-hydrogen) atoms. The maximum absolute atomic E-state index is 11.5. The lowest BCUT2D eigenvalue weighted by molar-refractivity contribution is 0.582. The van der Waals surface area contributed by atoms with Crippen molar-refractivity contribution in [2.45, 2.75) is 18.6 Å². The minimum atomic E-state index is -3.94. The van der Waals surface area contributed by atoms with Gasteiger partial charge in [0.2, 0.25) is 0 Å². The van der Waals surface area contributed by atoms with Gasteiger partial charge in [-0.05, 0) is 19.1 Å². The molecule has 108 valence electrons. The minimum absolute atomic E-state index is 0.267. The summed E-state index contributed by atoms with van der Waals surface area (Å²) in [5.41, 5.74) is 1.35. The standard InChI is InChI=1S/C13H11ClN4O2S/c1-2-18-12(16-17-13(18)21(14,19)20)11-8-7-9-5-3-4-6-10(9)15-11/h3-8H,2H2,1H3. The second kappa shape index (κ2) is 5.09. The van der Waals surface area contributed by atoms with Crippen LogP contribution in [0.2, 0.25) is 0 Å². The molecule has 0 unspecified atom stereocenters. The van der Waals surface area contributed by atoms with E-state index in [4.69, 9.17) is 10.7 Å². The van der Waals surface area contributed by atoms with Crippen molar-refractivity contribution in [2.75, 3.05) is 0 Å². The number of hydrogen-bond donors (Lipinski definition) is 0. The number of benzene rings is 1. The maximum Gasteiger partial charge on any atom is 0.296 e. The molecule has 6 nitrogen and oxygen atoms in total. The predicted molar refractivity (Wildman–Crippen MR) is 79.5 cm³/mol. The van der Waals surface area contributed by atoms with E-state index in [1.165, 1.54) is 4.57 Å². The summed E-state index contributed by atoms with van der Waals surface area (Å²) in [6, 6.07) is 11.3. The molecule has 3 rings (SSSR count). The van der Waals surface area contributed by atoms with E-state index in [1.807, 2.05) is 30.3 Å². The van der Waals surface area contributed by atoms with Gasteiger partial charge in [-0.3, -0.25) is 4.57 Å². The summed E-state index contributed by atoms with van der Waals surface area (Å²) < 4.78 is 24.4. The fourth-order valence-corrected chi connectivity index (χ4v) is 3.09. The number of para-hydroxylation sites is 1. The van der Waals surface area contributed by atoms with Crippen LogP contribution >= 0.6 is 10.7 Å². The van der Waals surface area contributed by atoms with Crippen molar-refractivity contribution in [3.8, 4) is 11.5 Å². The monoisotopic (exact) mass is 322 g/mol. The number of pyridine rings is 1. The fourth-order valence-electron chi connectivity index (χ4n) is 2.13. The van der Waals surface area contributed by atoms with E-state index in [0.29, 0.717) is 18.1 Å². The highest BCUT2D eigenvalue weighted by Crippen LogP contribution is 2.23. The Morgan fingerprint density at radius 2 is 1.90 bits per heavy atom. The molecule has 0 spiro atoms. The zero-order valence-electron chi connectivity index (χ0n) is 11.1. The first-order valence-corrected chi connectivity index (χ1v) is 8.55. The van der Waals surface area contributed by atoms with E-state index in [2.05, 4.69) is 15.2 Å². The van der Waals surface area contributed by atoms with Gasteiger partial charge in [0.1, 0.15) is 5.69 Å². The highest BCUT2D eigenvalue weighted by Gasteiger charge is 2.23. The first-order valence-electron chi connectivity index (χ1n) is 6.24. The fraction of sp³-hybridized carbons (Fsp3) is 0.154. The third kappa shape index (κ3) is 2.50. The van der Waals surface area contributed by atoms with E-state index in [0.717, 1.165) is 10.9 Å². The van der Waals surface area contributed by atoms with Crippen LogP contribution in [0.3, 0.4) is 0 Å². The molecule has 0 atom stereocenters. The van der Waals surface area contributed by atoms with Crippen LogP contribution in [0.5, 0.6) is 0 Å². The topological polar surface area (TPSA) is 77.7 Å². The molecule has 0 saturated carbocycles. The van der Waals surface area contributed by atoms with Gasteiger partial charge in [0.15, 0.2) is 5.82 Å². The van der Waals surface area contributed by atoms with Crippen LogP contribution in [-0.2, 0) is 15.6 Å². The molecule has 0 amide bonds. The van der Waals surface area contributed by atoms with Crippen molar-refractivity contribution < 1.29 is 8.42 Å². The van der Waals surface area contributed by atoms with Crippen LogP contribution in [0.25, 0.3) is 22.4 Å². The quantitative estimate of drug-likeness (QED) is 0.692. The molecular formula is C13H11ClN4O2S. The van der Waals surface area contributed by atoms with Gasteiger partial charge < -0.3 is 0 Å². The van der Waals surface area contributed by atoms with Crippen LogP contribution in [0, 0.1) is 0 Å². The number of nitrogens with zero attached hydrogens (tertiary/aromatic N) is 4. The van der Waals surface area contributed by atoms with Crippen molar-refractivity contribution in [2.24, 2.45) is 0 Å². The van der Waals surface area contributed by atoms with E-state index >= 15 is 0 Å². The number of hydrogen-bond acceptors (Lipinski definition) is 5. The summed E-state index contributed by atoms with van der Waals surface area (Å²) in [5, 5.41) is 8.31. The summed E-state index contributed by atoms with van der Waals surface area (Å²) in [7, 11) is 1.43. The van der Waals surface area contributed by atoms with Gasteiger partial charge in [-0.25, -0.2) is 13.4 Å². The molecule has 0 aliphatic rings. The average molecular weight is 323 g/mol. The summed E-state index contributed by atoms with van der Waals surface area (Å²) in [4.78, 5) is 4.49. The first kappa shape index (κ1) is 14.0. The average Bonchev–Trinajstić information content (AvgIpc) is 2.90. The maximum atomic E-state index is 11.5.